The van der Waals surface area contributed by atoms with E-state index in [4.69, 9.17) is 13.9 Å². The van der Waals surface area contributed by atoms with Crippen LogP contribution in [0.4, 0.5) is 0 Å². The molecular weight excluding hydrogens is 364 g/mol. The summed E-state index contributed by atoms with van der Waals surface area (Å²) in [5.74, 6) is -0.169. The van der Waals surface area contributed by atoms with Gasteiger partial charge in [-0.3, -0.25) is 20.4 Å². The Balaban J connectivity index is 1.73. The Labute approximate surface area is 160 Å². The van der Waals surface area contributed by atoms with Crippen molar-refractivity contribution in [3.05, 3.63) is 70.1 Å². The Hall–Kier alpha value is -3.81. The van der Waals surface area contributed by atoms with E-state index in [-0.39, 0.29) is 5.56 Å². The van der Waals surface area contributed by atoms with Crippen LogP contribution in [0.1, 0.15) is 27.6 Å². The Kier molecular flexibility index (Phi) is 5.59. The number of benzene rings is 2. The van der Waals surface area contributed by atoms with Gasteiger partial charge in [0.1, 0.15) is 22.6 Å². The molecule has 0 aliphatic heterocycles. The van der Waals surface area contributed by atoms with Crippen molar-refractivity contribution in [1.82, 2.24) is 10.9 Å². The summed E-state index contributed by atoms with van der Waals surface area (Å²) in [6.07, 6.45) is 0. The minimum absolute atomic E-state index is 0.230. The van der Waals surface area contributed by atoms with Crippen molar-refractivity contribution in [2.75, 3.05) is 13.7 Å². The molecule has 2 aromatic carbocycles. The molecule has 3 rings (SSSR count). The standard InChI is InChI=1S/C20H18N2O6/c1-3-27-15-9-6-13-10-16(20(25)28-17(13)11-15)19(24)22-21-18(23)12-4-7-14(26-2)8-5-12/h4-11H,3H2,1-2H3,(H,21,23)(H,22,24). The van der Waals surface area contributed by atoms with Crippen LogP contribution in [0.5, 0.6) is 11.5 Å². The Bertz CT molecular complexity index is 1070. The summed E-state index contributed by atoms with van der Waals surface area (Å²) in [5.41, 5.74) is 4.03. The predicted molar refractivity (Wildman–Crippen MR) is 102 cm³/mol. The first-order valence-electron chi connectivity index (χ1n) is 8.47. The number of hydrazine groups is 1. The molecule has 28 heavy (non-hydrogen) atoms. The number of fused-ring (bicyclic) bond motifs is 1. The number of rotatable bonds is 5. The van der Waals surface area contributed by atoms with E-state index in [9.17, 15) is 14.4 Å². The van der Waals surface area contributed by atoms with E-state index in [1.807, 2.05) is 6.92 Å². The van der Waals surface area contributed by atoms with E-state index in [0.717, 1.165) is 0 Å². The van der Waals surface area contributed by atoms with Crippen LogP contribution in [0.2, 0.25) is 0 Å². The number of hydrogen-bond donors (Lipinski definition) is 2. The van der Waals surface area contributed by atoms with Gasteiger partial charge < -0.3 is 13.9 Å². The smallest absolute Gasteiger partial charge is 0.349 e. The van der Waals surface area contributed by atoms with E-state index in [1.165, 1.54) is 13.2 Å². The Morgan fingerprint density at radius 3 is 2.32 bits per heavy atom. The Morgan fingerprint density at radius 2 is 1.64 bits per heavy atom. The van der Waals surface area contributed by atoms with E-state index in [0.29, 0.717) is 34.6 Å². The summed E-state index contributed by atoms with van der Waals surface area (Å²) in [6.45, 7) is 2.32. The van der Waals surface area contributed by atoms with E-state index in [2.05, 4.69) is 10.9 Å². The molecule has 0 unspecified atom stereocenters. The van der Waals surface area contributed by atoms with Crippen molar-refractivity contribution in [2.24, 2.45) is 0 Å². The van der Waals surface area contributed by atoms with Gasteiger partial charge in [-0.05, 0) is 49.4 Å². The van der Waals surface area contributed by atoms with Gasteiger partial charge in [-0.2, -0.15) is 0 Å². The van der Waals surface area contributed by atoms with Crippen LogP contribution >= 0.6 is 0 Å². The SMILES string of the molecule is CCOc1ccc2cc(C(=O)NNC(=O)c3ccc(OC)cc3)c(=O)oc2c1. The fourth-order valence-corrected chi connectivity index (χ4v) is 2.50. The number of hydrogen-bond acceptors (Lipinski definition) is 6. The topological polar surface area (TPSA) is 107 Å². The van der Waals surface area contributed by atoms with Crippen molar-refractivity contribution in [2.45, 2.75) is 6.92 Å². The molecule has 1 aromatic heterocycles. The van der Waals surface area contributed by atoms with Crippen molar-refractivity contribution >= 4 is 22.8 Å². The molecule has 8 nitrogen and oxygen atoms in total. The van der Waals surface area contributed by atoms with Crippen LogP contribution in [0.3, 0.4) is 0 Å². The highest BCUT2D eigenvalue weighted by atomic mass is 16.5. The molecule has 8 heteroatoms. The maximum Gasteiger partial charge on any atom is 0.349 e. The molecule has 0 aliphatic rings. The molecule has 0 aliphatic carbocycles. The number of ether oxygens (including phenoxy) is 2. The molecule has 2 amide bonds. The number of nitrogens with one attached hydrogen (secondary N) is 2. The molecule has 0 fully saturated rings. The quantitative estimate of drug-likeness (QED) is 0.518. The molecule has 144 valence electrons. The normalized spacial score (nSPS) is 10.4. The highest BCUT2D eigenvalue weighted by Crippen LogP contribution is 2.20. The van der Waals surface area contributed by atoms with Gasteiger partial charge in [0.05, 0.1) is 13.7 Å². The van der Waals surface area contributed by atoms with Crippen molar-refractivity contribution in [3.8, 4) is 11.5 Å². The van der Waals surface area contributed by atoms with Crippen LogP contribution in [0.15, 0.2) is 57.7 Å². The zero-order valence-electron chi connectivity index (χ0n) is 15.3. The lowest BCUT2D eigenvalue weighted by atomic mass is 10.1. The van der Waals surface area contributed by atoms with Crippen LogP contribution in [-0.4, -0.2) is 25.5 Å². The molecule has 2 N–H and O–H groups in total. The van der Waals surface area contributed by atoms with Crippen molar-refractivity contribution in [1.29, 1.82) is 0 Å². The van der Waals surface area contributed by atoms with Gasteiger partial charge in [0, 0.05) is 17.0 Å². The zero-order valence-corrected chi connectivity index (χ0v) is 15.3. The van der Waals surface area contributed by atoms with Gasteiger partial charge in [0.25, 0.3) is 11.8 Å². The average molecular weight is 382 g/mol. The molecule has 0 spiro atoms. The van der Waals surface area contributed by atoms with Crippen LogP contribution < -0.4 is 26.0 Å². The fraction of sp³-hybridized carbons (Fsp3) is 0.150. The highest BCUT2D eigenvalue weighted by molar-refractivity contribution is 6.00. The maximum absolute atomic E-state index is 12.3. The average Bonchev–Trinajstić information content (AvgIpc) is 2.71. The highest BCUT2D eigenvalue weighted by Gasteiger charge is 2.15. The molecular formula is C20H18N2O6. The third kappa shape index (κ3) is 4.12. The summed E-state index contributed by atoms with van der Waals surface area (Å²) in [7, 11) is 1.52. The van der Waals surface area contributed by atoms with Gasteiger partial charge in [-0.1, -0.05) is 0 Å². The van der Waals surface area contributed by atoms with E-state index < -0.39 is 17.4 Å². The zero-order chi connectivity index (χ0) is 20.1. The van der Waals surface area contributed by atoms with Gasteiger partial charge >= 0.3 is 5.63 Å². The number of carbonyl (C=O) groups excluding carboxylic acids is 2. The first-order chi connectivity index (χ1) is 13.5. The van der Waals surface area contributed by atoms with E-state index >= 15 is 0 Å². The monoisotopic (exact) mass is 382 g/mol. The second-order valence-electron chi connectivity index (χ2n) is 5.72. The van der Waals surface area contributed by atoms with Gasteiger partial charge in [0.2, 0.25) is 0 Å². The first-order valence-corrected chi connectivity index (χ1v) is 8.47. The minimum Gasteiger partial charge on any atom is -0.497 e. The lowest BCUT2D eigenvalue weighted by Crippen LogP contribution is -2.43. The first kappa shape index (κ1) is 19.0. The number of amides is 2. The summed E-state index contributed by atoms with van der Waals surface area (Å²) in [5, 5.41) is 0.551. The van der Waals surface area contributed by atoms with Crippen LogP contribution in [0, 0.1) is 0 Å². The van der Waals surface area contributed by atoms with Gasteiger partial charge in [0.15, 0.2) is 0 Å². The van der Waals surface area contributed by atoms with Crippen molar-refractivity contribution < 1.29 is 23.5 Å². The maximum atomic E-state index is 12.3. The van der Waals surface area contributed by atoms with Gasteiger partial charge in [-0.25, -0.2) is 4.79 Å². The second-order valence-corrected chi connectivity index (χ2v) is 5.72. The third-order valence-corrected chi connectivity index (χ3v) is 3.90. The predicted octanol–water partition coefficient (Wildman–Crippen LogP) is 2.28. The molecule has 0 saturated heterocycles. The summed E-state index contributed by atoms with van der Waals surface area (Å²) in [6, 6.07) is 12.7. The summed E-state index contributed by atoms with van der Waals surface area (Å²) < 4.78 is 15.6. The fourth-order valence-electron chi connectivity index (χ4n) is 2.50. The number of carbonyl (C=O) groups is 2. The van der Waals surface area contributed by atoms with E-state index in [1.54, 1.807) is 42.5 Å². The minimum atomic E-state index is -0.822. The summed E-state index contributed by atoms with van der Waals surface area (Å²) in [4.78, 5) is 36.5. The molecule has 3 aromatic rings. The van der Waals surface area contributed by atoms with Gasteiger partial charge in [-0.15, -0.1) is 0 Å². The molecule has 0 radical (unpaired) electrons. The lowest BCUT2D eigenvalue weighted by Gasteiger charge is -2.08. The lowest BCUT2D eigenvalue weighted by molar-refractivity contribution is 0.0844. The Morgan fingerprint density at radius 1 is 0.964 bits per heavy atom. The summed E-state index contributed by atoms with van der Waals surface area (Å²) >= 11 is 0. The van der Waals surface area contributed by atoms with Crippen LogP contribution in [0.25, 0.3) is 11.0 Å². The van der Waals surface area contributed by atoms with Crippen LogP contribution in [-0.2, 0) is 0 Å². The second kappa shape index (κ2) is 8.26. The molecule has 0 saturated carbocycles. The molecule has 1 heterocycles. The largest absolute Gasteiger partial charge is 0.497 e. The van der Waals surface area contributed by atoms with Crippen molar-refractivity contribution in [3.63, 3.8) is 0 Å². The number of methoxy groups -OCH3 is 1. The molecule has 0 bridgehead atoms. The molecule has 0 atom stereocenters. The third-order valence-electron chi connectivity index (χ3n) is 3.90.